The summed E-state index contributed by atoms with van der Waals surface area (Å²) in [6.07, 6.45) is -2.81. The molecule has 0 bridgehead atoms. The van der Waals surface area contributed by atoms with Crippen LogP contribution in [0.2, 0.25) is 0 Å². The van der Waals surface area contributed by atoms with Gasteiger partial charge in [-0.05, 0) is 37.6 Å². The van der Waals surface area contributed by atoms with E-state index in [1.807, 2.05) is 23.6 Å². The number of fused-ring (bicyclic) bond motifs is 1. The highest BCUT2D eigenvalue weighted by Crippen LogP contribution is 2.26. The first-order valence-corrected chi connectivity index (χ1v) is 11.6. The molecule has 1 aliphatic rings. The summed E-state index contributed by atoms with van der Waals surface area (Å²) in [5.41, 5.74) is 4.60. The van der Waals surface area contributed by atoms with Gasteiger partial charge < -0.3 is 10.2 Å². The van der Waals surface area contributed by atoms with Crippen molar-refractivity contribution in [2.45, 2.75) is 38.7 Å². The van der Waals surface area contributed by atoms with Crippen LogP contribution < -0.4 is 0 Å². The van der Waals surface area contributed by atoms with E-state index < -0.39 is 24.3 Å². The average molecular weight is 565 g/mol. The molecular formula is C23H22F6N4O4S. The molecular weight excluding hydrogens is 542 g/mol. The molecule has 206 valence electrons. The van der Waals surface area contributed by atoms with Crippen LogP contribution >= 0.6 is 11.3 Å². The zero-order chi connectivity index (χ0) is 28.5. The van der Waals surface area contributed by atoms with Crippen molar-refractivity contribution in [2.24, 2.45) is 0 Å². The van der Waals surface area contributed by atoms with E-state index in [1.165, 1.54) is 21.0 Å². The first-order valence-electron chi connectivity index (χ1n) is 10.8. The van der Waals surface area contributed by atoms with Gasteiger partial charge in [0.15, 0.2) is 0 Å². The molecule has 0 amide bonds. The highest BCUT2D eigenvalue weighted by Gasteiger charge is 2.38. The number of nitrogens with zero attached hydrogens (tertiary/aromatic N) is 4. The Morgan fingerprint density at radius 3 is 2.08 bits per heavy atom. The van der Waals surface area contributed by atoms with Crippen molar-refractivity contribution < 1.29 is 46.1 Å². The summed E-state index contributed by atoms with van der Waals surface area (Å²) >= 11 is 1.89. The van der Waals surface area contributed by atoms with Crippen LogP contribution in [0.1, 0.15) is 21.0 Å². The van der Waals surface area contributed by atoms with Gasteiger partial charge in [0.05, 0.1) is 5.69 Å². The third-order valence-corrected chi connectivity index (χ3v) is 5.96. The lowest BCUT2D eigenvalue weighted by Crippen LogP contribution is -2.25. The Morgan fingerprint density at radius 1 is 0.974 bits per heavy atom. The lowest BCUT2D eigenvalue weighted by Gasteiger charge is -2.18. The van der Waals surface area contributed by atoms with E-state index in [1.54, 1.807) is 12.5 Å². The number of pyridine rings is 1. The molecule has 2 N–H and O–H groups in total. The van der Waals surface area contributed by atoms with Crippen LogP contribution in [-0.4, -0.2) is 67.4 Å². The predicted molar refractivity (Wildman–Crippen MR) is 124 cm³/mol. The molecule has 0 spiro atoms. The minimum atomic E-state index is -5.08. The molecule has 3 aromatic heterocycles. The minimum Gasteiger partial charge on any atom is -0.475 e. The number of halogens is 6. The fourth-order valence-electron chi connectivity index (χ4n) is 3.27. The maximum atomic E-state index is 10.6. The number of alkyl halides is 6. The zero-order valence-electron chi connectivity index (χ0n) is 19.8. The summed E-state index contributed by atoms with van der Waals surface area (Å²) in [7, 11) is 0. The van der Waals surface area contributed by atoms with Gasteiger partial charge in [-0.1, -0.05) is 0 Å². The topological polar surface area (TPSA) is 117 Å². The van der Waals surface area contributed by atoms with Crippen molar-refractivity contribution in [2.75, 3.05) is 13.1 Å². The number of aryl methyl sites for hydroxylation is 1. The van der Waals surface area contributed by atoms with Crippen LogP contribution in [0, 0.1) is 6.92 Å². The molecule has 0 aromatic carbocycles. The molecule has 0 saturated carbocycles. The van der Waals surface area contributed by atoms with Gasteiger partial charge in [-0.25, -0.2) is 19.6 Å². The van der Waals surface area contributed by atoms with Crippen LogP contribution in [0.5, 0.6) is 0 Å². The van der Waals surface area contributed by atoms with Gasteiger partial charge in [0.25, 0.3) is 0 Å². The largest absolute Gasteiger partial charge is 0.490 e. The average Bonchev–Trinajstić information content (AvgIpc) is 3.13. The summed E-state index contributed by atoms with van der Waals surface area (Å²) < 4.78 is 63.5. The van der Waals surface area contributed by atoms with Crippen molar-refractivity contribution in [3.63, 3.8) is 0 Å². The third-order valence-electron chi connectivity index (χ3n) is 4.97. The molecule has 0 aliphatic carbocycles. The summed E-state index contributed by atoms with van der Waals surface area (Å²) in [6.45, 7) is 5.29. The highest BCUT2D eigenvalue weighted by atomic mass is 32.1. The van der Waals surface area contributed by atoms with Crippen molar-refractivity contribution in [3.05, 3.63) is 64.0 Å². The number of carboxylic acid groups (broad SMARTS) is 2. The highest BCUT2D eigenvalue weighted by molar-refractivity contribution is 7.11. The van der Waals surface area contributed by atoms with Crippen molar-refractivity contribution in [3.8, 4) is 11.3 Å². The van der Waals surface area contributed by atoms with Gasteiger partial charge >= 0.3 is 24.3 Å². The standard InChI is InChI=1S/C19H20N4S.2C2HF3O2/c1-14-4-5-16(24-14)12-23-9-6-17-18(7-10-23)21-13-22-19(17)15-3-2-8-20-11-15;2*3-2(4,5)1(6)7/h2-5,8,11,13H,6-7,9-10,12H2,1H3;2*(H,6,7). The fourth-order valence-corrected chi connectivity index (χ4v) is 4.21. The van der Waals surface area contributed by atoms with Gasteiger partial charge in [-0.2, -0.15) is 26.3 Å². The third kappa shape index (κ3) is 9.70. The Morgan fingerprint density at radius 2 is 1.58 bits per heavy atom. The van der Waals surface area contributed by atoms with Gasteiger partial charge in [-0.3, -0.25) is 9.88 Å². The van der Waals surface area contributed by atoms with Gasteiger partial charge in [0.2, 0.25) is 0 Å². The number of carbonyl (C=O) groups is 2. The maximum Gasteiger partial charge on any atom is 0.490 e. The molecule has 0 radical (unpaired) electrons. The Hall–Kier alpha value is -3.59. The van der Waals surface area contributed by atoms with Gasteiger partial charge in [-0.15, -0.1) is 11.3 Å². The fraction of sp³-hybridized carbons (Fsp3) is 0.348. The molecule has 3 aromatic rings. The van der Waals surface area contributed by atoms with E-state index in [9.17, 15) is 26.3 Å². The molecule has 15 heteroatoms. The van der Waals surface area contributed by atoms with Crippen molar-refractivity contribution in [1.29, 1.82) is 0 Å². The van der Waals surface area contributed by atoms with Crippen LogP contribution in [-0.2, 0) is 29.0 Å². The van der Waals surface area contributed by atoms with E-state index >= 15 is 0 Å². The lowest BCUT2D eigenvalue weighted by molar-refractivity contribution is -0.193. The van der Waals surface area contributed by atoms with E-state index in [2.05, 4.69) is 45.0 Å². The summed E-state index contributed by atoms with van der Waals surface area (Å²) in [4.78, 5) is 36.5. The van der Waals surface area contributed by atoms with Gasteiger partial charge in [0.1, 0.15) is 6.33 Å². The molecule has 0 saturated heterocycles. The molecule has 0 atom stereocenters. The molecule has 0 unspecified atom stereocenters. The molecule has 38 heavy (non-hydrogen) atoms. The van der Waals surface area contributed by atoms with Crippen LogP contribution in [0.4, 0.5) is 26.3 Å². The van der Waals surface area contributed by atoms with E-state index in [-0.39, 0.29) is 0 Å². The second-order valence-electron chi connectivity index (χ2n) is 7.78. The SMILES string of the molecule is Cc1ccc(CN2CCc3ncnc(-c4cccnc4)c3CC2)s1.O=C(O)C(F)(F)F.O=C(O)C(F)(F)F. The Balaban J connectivity index is 0.000000301. The lowest BCUT2D eigenvalue weighted by atomic mass is 10.0. The van der Waals surface area contributed by atoms with E-state index in [4.69, 9.17) is 19.8 Å². The molecule has 4 heterocycles. The number of hydrogen-bond acceptors (Lipinski definition) is 7. The summed E-state index contributed by atoms with van der Waals surface area (Å²) in [6, 6.07) is 8.50. The maximum absolute atomic E-state index is 10.6. The Bertz CT molecular complexity index is 1190. The number of thiophene rings is 1. The number of rotatable bonds is 3. The monoisotopic (exact) mass is 564 g/mol. The quantitative estimate of drug-likeness (QED) is 0.437. The normalized spacial score (nSPS) is 13.7. The first kappa shape index (κ1) is 30.6. The van der Waals surface area contributed by atoms with E-state index in [0.717, 1.165) is 43.7 Å². The number of carboxylic acids is 2. The number of aliphatic carboxylic acids is 2. The zero-order valence-corrected chi connectivity index (χ0v) is 20.6. The minimum absolute atomic E-state index is 0.982. The predicted octanol–water partition coefficient (Wildman–Crippen LogP) is 4.78. The summed E-state index contributed by atoms with van der Waals surface area (Å²) in [5, 5.41) is 14.2. The van der Waals surface area contributed by atoms with Crippen molar-refractivity contribution >= 4 is 23.3 Å². The summed E-state index contributed by atoms with van der Waals surface area (Å²) in [5.74, 6) is -5.51. The van der Waals surface area contributed by atoms with Gasteiger partial charge in [0, 0.05) is 65.0 Å². The number of aromatic nitrogens is 3. The first-order chi connectivity index (χ1) is 17.7. The Kier molecular flexibility index (Phi) is 10.7. The molecule has 4 rings (SSSR count). The van der Waals surface area contributed by atoms with Crippen LogP contribution in [0.3, 0.4) is 0 Å². The Labute approximate surface area is 216 Å². The molecule has 8 nitrogen and oxygen atoms in total. The molecule has 0 fully saturated rings. The van der Waals surface area contributed by atoms with Crippen LogP contribution in [0.15, 0.2) is 43.0 Å². The van der Waals surface area contributed by atoms with E-state index in [0.29, 0.717) is 0 Å². The smallest absolute Gasteiger partial charge is 0.475 e. The van der Waals surface area contributed by atoms with Crippen LogP contribution in [0.25, 0.3) is 11.3 Å². The second kappa shape index (κ2) is 13.3. The number of hydrogen-bond donors (Lipinski definition) is 2. The molecule has 1 aliphatic heterocycles. The second-order valence-corrected chi connectivity index (χ2v) is 9.16. The van der Waals surface area contributed by atoms with Crippen molar-refractivity contribution in [1.82, 2.24) is 19.9 Å².